The van der Waals surface area contributed by atoms with Crippen molar-refractivity contribution in [3.05, 3.63) is 69.4 Å². The first-order valence-electron chi connectivity index (χ1n) is 6.36. The van der Waals surface area contributed by atoms with Crippen LogP contribution < -0.4 is 0 Å². The summed E-state index contributed by atoms with van der Waals surface area (Å²) in [7, 11) is 0. The van der Waals surface area contributed by atoms with Gasteiger partial charge in [-0.1, -0.05) is 35.9 Å². The van der Waals surface area contributed by atoms with E-state index < -0.39 is 4.92 Å². The van der Waals surface area contributed by atoms with Gasteiger partial charge in [-0.3, -0.25) is 10.1 Å². The summed E-state index contributed by atoms with van der Waals surface area (Å²) >= 11 is 6.05. The summed E-state index contributed by atoms with van der Waals surface area (Å²) in [5, 5.41) is 12.6. The summed E-state index contributed by atoms with van der Waals surface area (Å²) in [6.07, 6.45) is 1.30. The molecular formula is C16H11ClN2O2. The van der Waals surface area contributed by atoms with Crippen molar-refractivity contribution in [2.24, 2.45) is 0 Å². The molecule has 0 bridgehead atoms. The maximum atomic E-state index is 11.4. The Morgan fingerprint density at radius 3 is 2.67 bits per heavy atom. The molecule has 0 saturated heterocycles. The van der Waals surface area contributed by atoms with E-state index in [-0.39, 0.29) is 5.69 Å². The van der Waals surface area contributed by atoms with Crippen LogP contribution in [0.5, 0.6) is 0 Å². The molecule has 5 heteroatoms. The van der Waals surface area contributed by atoms with Crippen LogP contribution >= 0.6 is 11.6 Å². The Labute approximate surface area is 126 Å². The number of aryl methyl sites for hydroxylation is 1. The van der Waals surface area contributed by atoms with Crippen molar-refractivity contribution in [1.29, 1.82) is 0 Å². The van der Waals surface area contributed by atoms with Crippen molar-refractivity contribution in [3.63, 3.8) is 0 Å². The van der Waals surface area contributed by atoms with Gasteiger partial charge >= 0.3 is 0 Å². The summed E-state index contributed by atoms with van der Waals surface area (Å²) < 4.78 is 0. The third-order valence-electron chi connectivity index (χ3n) is 3.42. The van der Waals surface area contributed by atoms with E-state index in [0.29, 0.717) is 21.5 Å². The first-order valence-corrected chi connectivity index (χ1v) is 6.74. The average Bonchev–Trinajstić information content (AvgIpc) is 2.46. The molecule has 0 aliphatic heterocycles. The van der Waals surface area contributed by atoms with E-state index >= 15 is 0 Å². The Kier molecular flexibility index (Phi) is 3.31. The minimum atomic E-state index is -0.408. The van der Waals surface area contributed by atoms with Crippen LogP contribution in [0.15, 0.2) is 48.7 Å². The molecule has 0 N–H and O–H groups in total. The number of nitrogens with zero attached hydrogens (tertiary/aromatic N) is 2. The topological polar surface area (TPSA) is 56.0 Å². The summed E-state index contributed by atoms with van der Waals surface area (Å²) in [5.41, 5.74) is 3.01. The molecule has 2 aromatic carbocycles. The molecule has 0 spiro atoms. The highest BCUT2D eigenvalue weighted by Gasteiger charge is 2.20. The van der Waals surface area contributed by atoms with Gasteiger partial charge in [0.15, 0.2) is 0 Å². The molecule has 0 amide bonds. The lowest BCUT2D eigenvalue weighted by Gasteiger charge is -2.10. The lowest BCUT2D eigenvalue weighted by Crippen LogP contribution is -1.96. The zero-order valence-electron chi connectivity index (χ0n) is 11.2. The Hall–Kier alpha value is -2.46. The quantitative estimate of drug-likeness (QED) is 0.505. The van der Waals surface area contributed by atoms with Crippen LogP contribution in [0.4, 0.5) is 5.69 Å². The van der Waals surface area contributed by atoms with Gasteiger partial charge in [0.05, 0.1) is 16.0 Å². The van der Waals surface area contributed by atoms with E-state index in [1.807, 2.05) is 31.2 Å². The lowest BCUT2D eigenvalue weighted by molar-refractivity contribution is -0.384. The summed E-state index contributed by atoms with van der Waals surface area (Å²) in [4.78, 5) is 15.1. The summed E-state index contributed by atoms with van der Waals surface area (Å²) in [6.45, 7) is 1.93. The van der Waals surface area contributed by atoms with E-state index in [4.69, 9.17) is 11.6 Å². The van der Waals surface area contributed by atoms with Crippen molar-refractivity contribution in [2.75, 3.05) is 0 Å². The minimum absolute atomic E-state index is 0.0148. The standard InChI is InChI=1S/C16H11ClN2O2/c1-10-4-2-3-5-12(10)16-13-8-11(17)6-7-14(13)18-9-15(16)19(20)21/h2-9H,1H3. The van der Waals surface area contributed by atoms with E-state index in [1.54, 1.807) is 18.2 Å². The molecule has 0 radical (unpaired) electrons. The average molecular weight is 299 g/mol. The van der Waals surface area contributed by atoms with Gasteiger partial charge in [0.25, 0.3) is 5.69 Å². The summed E-state index contributed by atoms with van der Waals surface area (Å²) in [6, 6.07) is 12.8. The van der Waals surface area contributed by atoms with Crippen molar-refractivity contribution in [1.82, 2.24) is 4.98 Å². The van der Waals surface area contributed by atoms with Gasteiger partial charge in [-0.25, -0.2) is 4.98 Å². The largest absolute Gasteiger partial charge is 0.295 e. The number of nitro groups is 1. The van der Waals surface area contributed by atoms with Gasteiger partial charge in [0.2, 0.25) is 0 Å². The highest BCUT2D eigenvalue weighted by atomic mass is 35.5. The number of benzene rings is 2. The Balaban J connectivity index is 2.47. The zero-order valence-corrected chi connectivity index (χ0v) is 12.0. The maximum Gasteiger partial charge on any atom is 0.295 e. The molecule has 0 unspecified atom stereocenters. The third kappa shape index (κ3) is 2.34. The zero-order chi connectivity index (χ0) is 15.0. The highest BCUT2D eigenvalue weighted by Crippen LogP contribution is 2.38. The first kappa shape index (κ1) is 13.5. The number of rotatable bonds is 2. The third-order valence-corrected chi connectivity index (χ3v) is 3.66. The van der Waals surface area contributed by atoms with Crippen LogP contribution in [-0.2, 0) is 0 Å². The molecule has 21 heavy (non-hydrogen) atoms. The molecule has 0 saturated carbocycles. The van der Waals surface area contributed by atoms with Crippen LogP contribution in [0.25, 0.3) is 22.0 Å². The number of pyridine rings is 1. The molecule has 3 aromatic rings. The van der Waals surface area contributed by atoms with Crippen molar-refractivity contribution in [2.45, 2.75) is 6.92 Å². The monoisotopic (exact) mass is 298 g/mol. The Morgan fingerprint density at radius 2 is 1.95 bits per heavy atom. The second-order valence-electron chi connectivity index (χ2n) is 4.75. The molecular weight excluding hydrogens is 288 g/mol. The predicted molar refractivity (Wildman–Crippen MR) is 83.6 cm³/mol. The van der Waals surface area contributed by atoms with Crippen LogP contribution in [0.1, 0.15) is 5.56 Å². The lowest BCUT2D eigenvalue weighted by atomic mass is 9.96. The number of hydrogen-bond acceptors (Lipinski definition) is 3. The predicted octanol–water partition coefficient (Wildman–Crippen LogP) is 4.77. The molecule has 0 aliphatic carbocycles. The molecule has 0 fully saturated rings. The van der Waals surface area contributed by atoms with Crippen LogP contribution in [0.3, 0.4) is 0 Å². The van der Waals surface area contributed by atoms with Gasteiger partial charge < -0.3 is 0 Å². The number of halogens is 1. The van der Waals surface area contributed by atoms with Crippen molar-refractivity contribution < 1.29 is 4.92 Å². The molecule has 3 rings (SSSR count). The molecule has 4 nitrogen and oxygen atoms in total. The van der Waals surface area contributed by atoms with Gasteiger partial charge in [-0.15, -0.1) is 0 Å². The van der Waals surface area contributed by atoms with Crippen molar-refractivity contribution >= 4 is 28.2 Å². The van der Waals surface area contributed by atoms with Gasteiger partial charge in [-0.2, -0.15) is 0 Å². The van der Waals surface area contributed by atoms with E-state index in [0.717, 1.165) is 11.1 Å². The normalized spacial score (nSPS) is 10.8. The fraction of sp³-hybridized carbons (Fsp3) is 0.0625. The second kappa shape index (κ2) is 5.14. The molecule has 104 valence electrons. The second-order valence-corrected chi connectivity index (χ2v) is 5.19. The molecule has 1 heterocycles. The molecule has 0 atom stereocenters. The van der Waals surface area contributed by atoms with Crippen LogP contribution in [-0.4, -0.2) is 9.91 Å². The molecule has 1 aromatic heterocycles. The van der Waals surface area contributed by atoms with Crippen LogP contribution in [0.2, 0.25) is 5.02 Å². The number of aromatic nitrogens is 1. The van der Waals surface area contributed by atoms with E-state index in [9.17, 15) is 10.1 Å². The number of fused-ring (bicyclic) bond motifs is 1. The van der Waals surface area contributed by atoms with Gasteiger partial charge in [-0.05, 0) is 36.2 Å². The van der Waals surface area contributed by atoms with E-state index in [1.165, 1.54) is 6.20 Å². The summed E-state index contributed by atoms with van der Waals surface area (Å²) in [5.74, 6) is 0. The Morgan fingerprint density at radius 1 is 1.19 bits per heavy atom. The SMILES string of the molecule is Cc1ccccc1-c1c([N+](=O)[O-])cnc2ccc(Cl)cc12. The first-order chi connectivity index (χ1) is 10.1. The van der Waals surface area contributed by atoms with E-state index in [2.05, 4.69) is 4.98 Å². The van der Waals surface area contributed by atoms with Crippen LogP contribution in [0, 0.1) is 17.0 Å². The van der Waals surface area contributed by atoms with Gasteiger partial charge in [0, 0.05) is 10.4 Å². The molecule has 0 aliphatic rings. The highest BCUT2D eigenvalue weighted by molar-refractivity contribution is 6.31. The Bertz CT molecular complexity index is 862. The maximum absolute atomic E-state index is 11.4. The fourth-order valence-electron chi connectivity index (χ4n) is 2.43. The minimum Gasteiger partial charge on any atom is -0.258 e. The fourth-order valence-corrected chi connectivity index (χ4v) is 2.60. The number of hydrogen-bond donors (Lipinski definition) is 0. The van der Waals surface area contributed by atoms with Crippen molar-refractivity contribution in [3.8, 4) is 11.1 Å². The smallest absolute Gasteiger partial charge is 0.258 e. The van der Waals surface area contributed by atoms with Gasteiger partial charge in [0.1, 0.15) is 6.20 Å².